The first-order valence-corrected chi connectivity index (χ1v) is 11.7. The van der Waals surface area contributed by atoms with Crippen molar-refractivity contribution in [3.63, 3.8) is 0 Å². The van der Waals surface area contributed by atoms with Crippen LogP contribution in [0.15, 0.2) is 76.1 Å². The van der Waals surface area contributed by atoms with Crippen LogP contribution in [-0.4, -0.2) is 21.9 Å². The van der Waals surface area contributed by atoms with E-state index in [0.717, 1.165) is 45.3 Å². The summed E-state index contributed by atoms with van der Waals surface area (Å²) in [6, 6.07) is 17.6. The van der Waals surface area contributed by atoms with Crippen molar-refractivity contribution in [2.75, 3.05) is 5.32 Å². The van der Waals surface area contributed by atoms with Crippen LogP contribution in [0, 0.1) is 0 Å². The number of anilines is 1. The molecular weight excluding hydrogens is 416 g/mol. The Bertz CT molecular complexity index is 1070. The number of benzene rings is 2. The molecule has 1 heterocycles. The fraction of sp³-hybridized carbons (Fsp3) is 0.269. The van der Waals surface area contributed by atoms with E-state index in [1.54, 1.807) is 18.0 Å². The first-order valence-electron chi connectivity index (χ1n) is 10.9. The van der Waals surface area contributed by atoms with Gasteiger partial charge in [-0.15, -0.1) is 0 Å². The van der Waals surface area contributed by atoms with Crippen LogP contribution in [0.1, 0.15) is 55.7 Å². The third-order valence-electron chi connectivity index (χ3n) is 4.53. The number of rotatable bonds is 8. The zero-order chi connectivity index (χ0) is 23.5. The van der Waals surface area contributed by atoms with Crippen LogP contribution in [-0.2, 0) is 13.5 Å². The Labute approximate surface area is 195 Å². The van der Waals surface area contributed by atoms with Gasteiger partial charge in [-0.1, -0.05) is 63.7 Å². The standard InChI is InChI=1S/C24H26N4OS.C2H6/c1-5-9-18-10-7-8-11-21(18)24(29)26-19-12-14-20(15-13-19)30-23-16-22(27-28(23)4)17(3)25-6-2;1-2/h6-8,10-16H,3,5,9H2,1-2,4H3,(H,26,29);1-2H3. The first-order chi connectivity index (χ1) is 15.5. The molecule has 168 valence electrons. The van der Waals surface area contributed by atoms with Gasteiger partial charge in [0.2, 0.25) is 0 Å². The first kappa shape index (κ1) is 25.1. The molecule has 0 unspecified atom stereocenters. The van der Waals surface area contributed by atoms with Crippen molar-refractivity contribution in [2.45, 2.75) is 50.5 Å². The van der Waals surface area contributed by atoms with Crippen molar-refractivity contribution in [3.05, 3.63) is 78.0 Å². The van der Waals surface area contributed by atoms with Crippen LogP contribution >= 0.6 is 11.8 Å². The third-order valence-corrected chi connectivity index (χ3v) is 5.63. The molecule has 6 heteroatoms. The lowest BCUT2D eigenvalue weighted by Gasteiger charge is -2.10. The van der Waals surface area contributed by atoms with Gasteiger partial charge < -0.3 is 5.32 Å². The van der Waals surface area contributed by atoms with Crippen molar-refractivity contribution in [1.82, 2.24) is 9.78 Å². The van der Waals surface area contributed by atoms with Gasteiger partial charge in [0, 0.05) is 29.4 Å². The molecule has 0 fully saturated rings. The van der Waals surface area contributed by atoms with E-state index in [1.807, 2.05) is 87.1 Å². The van der Waals surface area contributed by atoms with Gasteiger partial charge in [0.1, 0.15) is 5.69 Å². The van der Waals surface area contributed by atoms with Crippen LogP contribution in [0.5, 0.6) is 0 Å². The normalized spacial score (nSPS) is 10.5. The van der Waals surface area contributed by atoms with Crippen LogP contribution in [0.4, 0.5) is 5.69 Å². The predicted molar refractivity (Wildman–Crippen MR) is 137 cm³/mol. The number of amides is 1. The van der Waals surface area contributed by atoms with Crippen molar-refractivity contribution in [3.8, 4) is 0 Å². The molecule has 0 radical (unpaired) electrons. The minimum absolute atomic E-state index is 0.0780. The average Bonchev–Trinajstić information content (AvgIpc) is 3.17. The monoisotopic (exact) mass is 448 g/mol. The second kappa shape index (κ2) is 12.7. The average molecular weight is 449 g/mol. The summed E-state index contributed by atoms with van der Waals surface area (Å²) in [7, 11) is 1.90. The Morgan fingerprint density at radius 3 is 2.53 bits per heavy atom. The molecule has 0 aliphatic carbocycles. The Morgan fingerprint density at radius 1 is 1.19 bits per heavy atom. The molecule has 2 aromatic carbocycles. The van der Waals surface area contributed by atoms with E-state index >= 15 is 0 Å². The van der Waals surface area contributed by atoms with Gasteiger partial charge in [-0.05, 0) is 55.3 Å². The lowest BCUT2D eigenvalue weighted by molar-refractivity contribution is 0.102. The Morgan fingerprint density at radius 2 is 1.88 bits per heavy atom. The van der Waals surface area contributed by atoms with Crippen LogP contribution in [0.2, 0.25) is 0 Å². The maximum absolute atomic E-state index is 12.7. The topological polar surface area (TPSA) is 59.3 Å². The zero-order valence-electron chi connectivity index (χ0n) is 19.6. The number of aryl methyl sites for hydroxylation is 2. The largest absolute Gasteiger partial charge is 0.322 e. The number of hydrogen-bond acceptors (Lipinski definition) is 4. The number of aliphatic imine (C=N–C) groups is 1. The number of hydrogen-bond donors (Lipinski definition) is 1. The highest BCUT2D eigenvalue weighted by molar-refractivity contribution is 7.99. The molecular formula is C26H32N4OS. The molecule has 32 heavy (non-hydrogen) atoms. The smallest absolute Gasteiger partial charge is 0.255 e. The molecule has 0 aliphatic heterocycles. The van der Waals surface area contributed by atoms with Crippen molar-refractivity contribution in [2.24, 2.45) is 12.0 Å². The molecule has 0 saturated heterocycles. The highest BCUT2D eigenvalue weighted by atomic mass is 32.2. The van der Waals surface area contributed by atoms with E-state index in [4.69, 9.17) is 0 Å². The Balaban J connectivity index is 0.00000176. The molecule has 0 bridgehead atoms. The molecule has 0 aliphatic rings. The number of carbonyl (C=O) groups is 1. The van der Waals surface area contributed by atoms with Gasteiger partial charge in [-0.2, -0.15) is 5.10 Å². The van der Waals surface area contributed by atoms with E-state index in [2.05, 4.69) is 28.9 Å². The van der Waals surface area contributed by atoms with Gasteiger partial charge >= 0.3 is 0 Å². The van der Waals surface area contributed by atoms with E-state index in [0.29, 0.717) is 5.70 Å². The molecule has 1 aromatic heterocycles. The molecule has 5 nitrogen and oxygen atoms in total. The number of nitrogens with one attached hydrogen (secondary N) is 1. The molecule has 3 rings (SSSR count). The van der Waals surface area contributed by atoms with E-state index in [1.165, 1.54) is 0 Å². The van der Waals surface area contributed by atoms with Crippen molar-refractivity contribution in [1.29, 1.82) is 0 Å². The summed E-state index contributed by atoms with van der Waals surface area (Å²) in [4.78, 5) is 18.0. The summed E-state index contributed by atoms with van der Waals surface area (Å²) in [6.45, 7) is 11.9. The molecule has 1 amide bonds. The van der Waals surface area contributed by atoms with Crippen LogP contribution in [0.3, 0.4) is 0 Å². The summed E-state index contributed by atoms with van der Waals surface area (Å²) >= 11 is 1.60. The van der Waals surface area contributed by atoms with Gasteiger partial charge in [0.15, 0.2) is 0 Å². The lowest BCUT2D eigenvalue weighted by atomic mass is 10.0. The summed E-state index contributed by atoms with van der Waals surface area (Å²) in [6.07, 6.45) is 3.60. The van der Waals surface area contributed by atoms with Crippen molar-refractivity contribution < 1.29 is 4.79 Å². The Hall–Kier alpha value is -3.12. The second-order valence-corrected chi connectivity index (χ2v) is 7.91. The second-order valence-electron chi connectivity index (χ2n) is 6.81. The van der Waals surface area contributed by atoms with Gasteiger partial charge in [0.25, 0.3) is 5.91 Å². The van der Waals surface area contributed by atoms with Crippen LogP contribution < -0.4 is 5.32 Å². The minimum atomic E-state index is -0.0780. The highest BCUT2D eigenvalue weighted by Gasteiger charge is 2.12. The molecule has 1 N–H and O–H groups in total. The van der Waals surface area contributed by atoms with Gasteiger partial charge in [-0.3, -0.25) is 14.5 Å². The molecule has 0 saturated carbocycles. The summed E-state index contributed by atoms with van der Waals surface area (Å²) < 4.78 is 1.82. The molecule has 3 aromatic rings. The number of carbonyl (C=O) groups excluding carboxylic acids is 1. The predicted octanol–water partition coefficient (Wildman–Crippen LogP) is 6.86. The lowest BCUT2D eigenvalue weighted by Crippen LogP contribution is -2.14. The highest BCUT2D eigenvalue weighted by Crippen LogP contribution is 2.30. The zero-order valence-corrected chi connectivity index (χ0v) is 20.4. The third kappa shape index (κ3) is 6.69. The van der Waals surface area contributed by atoms with Gasteiger partial charge in [0.05, 0.1) is 10.7 Å². The maximum Gasteiger partial charge on any atom is 0.255 e. The van der Waals surface area contributed by atoms with Crippen LogP contribution in [0.25, 0.3) is 5.70 Å². The summed E-state index contributed by atoms with van der Waals surface area (Å²) in [5, 5.41) is 8.45. The number of nitrogens with zero attached hydrogens (tertiary/aromatic N) is 3. The fourth-order valence-electron chi connectivity index (χ4n) is 3.06. The summed E-state index contributed by atoms with van der Waals surface area (Å²) in [5.41, 5.74) is 3.97. The molecule has 0 atom stereocenters. The van der Waals surface area contributed by atoms with E-state index in [-0.39, 0.29) is 5.91 Å². The SMILES string of the molecule is C=C(N=CC)c1cc(Sc2ccc(NC(=O)c3ccccc3CCC)cc2)n(C)n1.CC. The maximum atomic E-state index is 12.7. The number of aromatic nitrogens is 2. The van der Waals surface area contributed by atoms with E-state index in [9.17, 15) is 4.79 Å². The van der Waals surface area contributed by atoms with Gasteiger partial charge in [-0.25, -0.2) is 0 Å². The summed E-state index contributed by atoms with van der Waals surface area (Å²) in [5.74, 6) is -0.0780. The van der Waals surface area contributed by atoms with E-state index < -0.39 is 0 Å². The minimum Gasteiger partial charge on any atom is -0.322 e. The molecule has 0 spiro atoms. The Kier molecular flexibility index (Phi) is 9.95. The fourth-order valence-corrected chi connectivity index (χ4v) is 3.92. The van der Waals surface area contributed by atoms with Crippen molar-refractivity contribution >= 4 is 35.3 Å². The quantitative estimate of drug-likeness (QED) is 0.383.